The van der Waals surface area contributed by atoms with E-state index in [1.807, 2.05) is 25.7 Å². The van der Waals surface area contributed by atoms with E-state index in [-0.39, 0.29) is 53.5 Å². The van der Waals surface area contributed by atoms with Crippen molar-refractivity contribution in [2.75, 3.05) is 19.7 Å². The number of amides is 2. The molecule has 2 fully saturated rings. The van der Waals surface area contributed by atoms with Crippen LogP contribution in [-0.4, -0.2) is 84.9 Å². The second-order valence-corrected chi connectivity index (χ2v) is 15.9. The summed E-state index contributed by atoms with van der Waals surface area (Å²) in [5.74, 6) is 0.537. The van der Waals surface area contributed by atoms with Gasteiger partial charge in [-0.05, 0) is 97.3 Å². The molecule has 0 aromatic carbocycles. The molecule has 1 saturated heterocycles. The van der Waals surface area contributed by atoms with Gasteiger partial charge in [0.05, 0.1) is 17.1 Å². The van der Waals surface area contributed by atoms with Crippen molar-refractivity contribution in [3.05, 3.63) is 60.2 Å². The lowest BCUT2D eigenvalue weighted by atomic mass is 9.93. The number of hydrogen-bond acceptors (Lipinski definition) is 10. The molecule has 12 nitrogen and oxygen atoms in total. The summed E-state index contributed by atoms with van der Waals surface area (Å²) in [6.45, 7) is 18.3. The average Bonchev–Trinajstić information content (AvgIpc) is 3.56. The fraction of sp³-hybridized carbons (Fsp3) is 0.571. The molecule has 1 aliphatic carbocycles. The number of nitrogens with one attached hydrogen (secondary N) is 2. The summed E-state index contributed by atoms with van der Waals surface area (Å²) in [5.41, 5.74) is -2.58. The third-order valence-electron chi connectivity index (χ3n) is 8.74. The number of aromatic nitrogens is 3. The van der Waals surface area contributed by atoms with Gasteiger partial charge in [-0.1, -0.05) is 24.8 Å². The first-order valence-electron chi connectivity index (χ1n) is 16.9. The van der Waals surface area contributed by atoms with Crippen LogP contribution in [0, 0.1) is 11.3 Å². The lowest BCUT2D eigenvalue weighted by Crippen LogP contribution is -2.45. The molecule has 2 aromatic rings. The minimum atomic E-state index is -4.36. The van der Waals surface area contributed by atoms with Gasteiger partial charge < -0.3 is 24.8 Å². The van der Waals surface area contributed by atoms with Crippen molar-refractivity contribution in [2.45, 2.75) is 96.6 Å². The molecule has 2 aliphatic rings. The number of likely N-dealkylation sites (tertiary alicyclic amines) is 1. The summed E-state index contributed by atoms with van der Waals surface area (Å²) in [5, 5.41) is 17.7. The Morgan fingerprint density at radius 1 is 1.25 bits per heavy atom. The molecule has 3 heterocycles. The summed E-state index contributed by atoms with van der Waals surface area (Å²) >= 11 is 7.25. The first kappa shape index (κ1) is 41.0. The van der Waals surface area contributed by atoms with Crippen molar-refractivity contribution in [1.29, 1.82) is 0 Å². The maximum atomic E-state index is 13.2. The van der Waals surface area contributed by atoms with Gasteiger partial charge in [-0.2, -0.15) is 13.2 Å². The topological polar surface area (TPSA) is 143 Å². The SMILES string of the molecule is C=C/C(=N\C(=C)NCCCC1CN(C(=O)OC(C)(C)C)C(C)(C)C1)SNC(=O)c1ccc(-n2ccc(OCC(O)CC3(C(F)(F)F)CC3)n2)nc1Cl. The second-order valence-electron chi connectivity index (χ2n) is 14.7. The molecule has 0 bridgehead atoms. The number of aliphatic hydroxyl groups is 1. The number of ether oxygens (including phenoxy) is 2. The summed E-state index contributed by atoms with van der Waals surface area (Å²) in [6.07, 6.45) is -0.776. The Morgan fingerprint density at radius 2 is 1.96 bits per heavy atom. The number of carbonyl (C=O) groups is 2. The molecule has 4 rings (SSSR count). The van der Waals surface area contributed by atoms with Gasteiger partial charge in [0.2, 0.25) is 5.88 Å². The number of halogens is 4. The van der Waals surface area contributed by atoms with E-state index in [1.54, 1.807) is 0 Å². The van der Waals surface area contributed by atoms with Gasteiger partial charge in [0.25, 0.3) is 5.91 Å². The third-order valence-corrected chi connectivity index (χ3v) is 9.79. The van der Waals surface area contributed by atoms with E-state index in [9.17, 15) is 27.9 Å². The Hall–Kier alpha value is -3.76. The zero-order valence-electron chi connectivity index (χ0n) is 30.1. The minimum Gasteiger partial charge on any atom is -0.474 e. The van der Waals surface area contributed by atoms with Gasteiger partial charge in [-0.15, -0.1) is 5.10 Å². The van der Waals surface area contributed by atoms with Crippen molar-refractivity contribution in [3.63, 3.8) is 0 Å². The van der Waals surface area contributed by atoms with Crippen LogP contribution in [0.25, 0.3) is 5.82 Å². The van der Waals surface area contributed by atoms with Crippen molar-refractivity contribution in [2.24, 2.45) is 16.3 Å². The maximum absolute atomic E-state index is 13.2. The molecular weight excluding hydrogens is 723 g/mol. The van der Waals surface area contributed by atoms with Gasteiger partial charge in [0.15, 0.2) is 5.82 Å². The summed E-state index contributed by atoms with van der Waals surface area (Å²) in [4.78, 5) is 36.0. The van der Waals surface area contributed by atoms with Crippen LogP contribution in [-0.2, 0) is 4.74 Å². The molecule has 2 aromatic heterocycles. The molecule has 1 saturated carbocycles. The van der Waals surface area contributed by atoms with E-state index in [2.05, 4.69) is 52.1 Å². The number of nitrogens with zero attached hydrogens (tertiary/aromatic N) is 5. The van der Waals surface area contributed by atoms with Gasteiger partial charge in [-0.3, -0.25) is 9.52 Å². The lowest BCUT2D eigenvalue weighted by Gasteiger charge is -2.33. The van der Waals surface area contributed by atoms with Crippen molar-refractivity contribution < 1.29 is 37.3 Å². The van der Waals surface area contributed by atoms with E-state index < -0.39 is 35.6 Å². The Bertz CT molecular complexity index is 1660. The Kier molecular flexibility index (Phi) is 13.0. The quantitative estimate of drug-likeness (QED) is 0.0596. The maximum Gasteiger partial charge on any atom is 0.410 e. The van der Waals surface area contributed by atoms with Crippen molar-refractivity contribution in [1.82, 2.24) is 29.7 Å². The first-order chi connectivity index (χ1) is 24.2. The van der Waals surface area contributed by atoms with Gasteiger partial charge in [0, 0.05) is 42.8 Å². The highest BCUT2D eigenvalue weighted by Gasteiger charge is 2.63. The number of hydrogen-bond donors (Lipinski definition) is 3. The highest BCUT2D eigenvalue weighted by atomic mass is 35.5. The van der Waals surface area contributed by atoms with E-state index in [4.69, 9.17) is 21.1 Å². The first-order valence-corrected chi connectivity index (χ1v) is 18.1. The predicted molar refractivity (Wildman–Crippen MR) is 194 cm³/mol. The van der Waals surface area contributed by atoms with Crippen LogP contribution in [0.2, 0.25) is 5.15 Å². The fourth-order valence-corrected chi connectivity index (χ4v) is 6.74. The molecule has 2 atom stereocenters. The van der Waals surface area contributed by atoms with Crippen LogP contribution < -0.4 is 14.8 Å². The highest BCUT2D eigenvalue weighted by molar-refractivity contribution is 8.13. The van der Waals surface area contributed by atoms with Crippen LogP contribution in [0.15, 0.2) is 54.4 Å². The predicted octanol–water partition coefficient (Wildman–Crippen LogP) is 7.23. The van der Waals surface area contributed by atoms with Crippen molar-refractivity contribution >= 4 is 40.6 Å². The molecule has 52 heavy (non-hydrogen) atoms. The largest absolute Gasteiger partial charge is 0.474 e. The van der Waals surface area contributed by atoms with Crippen LogP contribution in [0.4, 0.5) is 18.0 Å². The van der Waals surface area contributed by atoms with E-state index >= 15 is 0 Å². The summed E-state index contributed by atoms with van der Waals surface area (Å²) in [6, 6.07) is 4.43. The molecule has 3 N–H and O–H groups in total. The summed E-state index contributed by atoms with van der Waals surface area (Å²) in [7, 11) is 0. The lowest BCUT2D eigenvalue weighted by molar-refractivity contribution is -0.195. The number of pyridine rings is 1. The van der Waals surface area contributed by atoms with E-state index in [0.29, 0.717) is 29.9 Å². The third kappa shape index (κ3) is 11.1. The summed E-state index contributed by atoms with van der Waals surface area (Å²) < 4.78 is 54.5. The standard InChI is InChI=1S/C35H47ClF3N7O5S/c1-8-28(41-22(2)40-16-9-10-23-18-33(6,7)45(20-23)31(49)51-32(3,4)5)52-44-30(48)25-11-12-26(42-29(25)36)46-17-13-27(43-46)50-21-24(47)19-34(14-15-34)35(37,38)39/h8,11-13,17,23-24,40,47H,1-2,9-10,14-16,18-21H2,3-7H3,(H,44,48)/b41-28+. The number of rotatable bonds is 14. The van der Waals surface area contributed by atoms with E-state index in [0.717, 1.165) is 31.2 Å². The number of aliphatic hydroxyl groups excluding tert-OH is 1. The van der Waals surface area contributed by atoms with Crippen molar-refractivity contribution in [3.8, 4) is 11.7 Å². The molecule has 1 aliphatic heterocycles. The monoisotopic (exact) mass is 769 g/mol. The highest BCUT2D eigenvalue weighted by Crippen LogP contribution is 2.60. The zero-order chi connectivity index (χ0) is 38.5. The van der Waals surface area contributed by atoms with Crippen LogP contribution in [0.1, 0.15) is 83.5 Å². The molecular formula is C35H47ClF3N7O5S. The van der Waals surface area contributed by atoms with E-state index in [1.165, 1.54) is 35.2 Å². The number of aliphatic imine (C=N–C) groups is 1. The second kappa shape index (κ2) is 16.5. The average molecular weight is 770 g/mol. The molecule has 286 valence electrons. The van der Waals surface area contributed by atoms with Gasteiger partial charge in [-0.25, -0.2) is 19.5 Å². The normalized spacial score (nSPS) is 18.8. The smallest absolute Gasteiger partial charge is 0.410 e. The Balaban J connectivity index is 1.20. The van der Waals surface area contributed by atoms with Crippen LogP contribution in [0.5, 0.6) is 5.88 Å². The molecule has 0 spiro atoms. The van der Waals surface area contributed by atoms with Gasteiger partial charge in [0.1, 0.15) is 28.2 Å². The van der Waals surface area contributed by atoms with Gasteiger partial charge >= 0.3 is 12.3 Å². The van der Waals surface area contributed by atoms with Crippen LogP contribution in [0.3, 0.4) is 0 Å². The molecule has 0 radical (unpaired) electrons. The number of alkyl halides is 3. The zero-order valence-corrected chi connectivity index (χ0v) is 31.6. The minimum absolute atomic E-state index is 0.00114. The number of carbonyl (C=O) groups excluding carboxylic acids is 2. The molecule has 17 heteroatoms. The fourth-order valence-electron chi connectivity index (χ4n) is 5.96. The molecule has 2 amide bonds. The molecule has 2 unspecified atom stereocenters. The Labute approximate surface area is 311 Å². The van der Waals surface area contributed by atoms with Crippen LogP contribution >= 0.6 is 23.5 Å². The Morgan fingerprint density at radius 3 is 2.58 bits per heavy atom.